The molecule has 4 aliphatic rings. The number of nitrogen functional groups attached to an aromatic ring is 1. The van der Waals surface area contributed by atoms with Crippen molar-refractivity contribution in [3.63, 3.8) is 0 Å². The second-order valence-corrected chi connectivity index (χ2v) is 14.7. The zero-order valence-electron chi connectivity index (χ0n) is 24.3. The van der Waals surface area contributed by atoms with E-state index in [0.717, 1.165) is 49.6 Å². The molecule has 4 saturated heterocycles. The lowest BCUT2D eigenvalue weighted by molar-refractivity contribution is -0.0328. The average Bonchev–Trinajstić information content (AvgIpc) is 3.74. The van der Waals surface area contributed by atoms with Crippen molar-refractivity contribution in [1.29, 1.82) is 0 Å². The minimum atomic E-state index is -4.77. The standard InChI is InChI=1S/C30H29F6N7OS2/c31-14-9-29(6-1-7-43(29)10-14)13-44-28-40-23-18(26(41-28)42-11-15-2-3-16(12-42)38-15)8-20(46-30(34,35)36)21(22(23)33)17-4-5-19(32)25-24(17)39-27(37)45-25/h4-5,8,14-16,38H,1-3,6-7,9-13H2,(H2,37,39)/t14-,15?,16?,29+/m1/s1. The topological polar surface area (TPSA) is 92.4 Å². The highest BCUT2D eigenvalue weighted by Crippen LogP contribution is 2.48. The molecule has 244 valence electrons. The van der Waals surface area contributed by atoms with Crippen molar-refractivity contribution >= 4 is 55.2 Å². The van der Waals surface area contributed by atoms with Crippen LogP contribution in [-0.2, 0) is 0 Å². The Labute approximate surface area is 267 Å². The summed E-state index contributed by atoms with van der Waals surface area (Å²) in [6.07, 6.45) is 2.83. The predicted molar refractivity (Wildman–Crippen MR) is 165 cm³/mol. The summed E-state index contributed by atoms with van der Waals surface area (Å²) in [5, 5.41) is 3.61. The first-order chi connectivity index (χ1) is 22.0. The Morgan fingerprint density at radius 1 is 1.09 bits per heavy atom. The quantitative estimate of drug-likeness (QED) is 0.180. The zero-order chi connectivity index (χ0) is 32.0. The average molecular weight is 682 g/mol. The van der Waals surface area contributed by atoms with E-state index >= 15 is 4.39 Å². The van der Waals surface area contributed by atoms with Gasteiger partial charge in [-0.1, -0.05) is 11.3 Å². The number of hydrogen-bond acceptors (Lipinski definition) is 10. The molecule has 4 fully saturated rings. The minimum Gasteiger partial charge on any atom is -0.461 e. The highest BCUT2D eigenvalue weighted by atomic mass is 32.2. The van der Waals surface area contributed by atoms with Crippen molar-refractivity contribution in [2.24, 2.45) is 0 Å². The molecular weight excluding hydrogens is 653 g/mol. The highest BCUT2D eigenvalue weighted by Gasteiger charge is 2.49. The van der Waals surface area contributed by atoms with Crippen LogP contribution in [0.5, 0.6) is 6.01 Å². The Bertz CT molecular complexity index is 1840. The Hall–Kier alpha value is -3.08. The number of halogens is 6. The molecule has 2 aromatic carbocycles. The largest absolute Gasteiger partial charge is 0.461 e. The lowest BCUT2D eigenvalue weighted by Crippen LogP contribution is -2.51. The van der Waals surface area contributed by atoms with Crippen LogP contribution in [0.15, 0.2) is 23.1 Å². The van der Waals surface area contributed by atoms with Crippen molar-refractivity contribution in [2.75, 3.05) is 43.4 Å². The molecule has 2 aromatic heterocycles. The van der Waals surface area contributed by atoms with Crippen LogP contribution in [0, 0.1) is 11.6 Å². The van der Waals surface area contributed by atoms with Gasteiger partial charge in [0, 0.05) is 59.5 Å². The molecule has 8 rings (SSSR count). The Balaban J connectivity index is 1.31. The molecular formula is C30H29F6N7OS2. The van der Waals surface area contributed by atoms with Gasteiger partial charge in [-0.2, -0.15) is 23.1 Å². The van der Waals surface area contributed by atoms with Crippen LogP contribution in [-0.4, -0.2) is 81.9 Å². The zero-order valence-corrected chi connectivity index (χ0v) is 26.0. The lowest BCUT2D eigenvalue weighted by Gasteiger charge is -2.35. The first-order valence-corrected chi connectivity index (χ1v) is 16.8. The monoisotopic (exact) mass is 681 g/mol. The lowest BCUT2D eigenvalue weighted by atomic mass is 9.95. The van der Waals surface area contributed by atoms with Gasteiger partial charge in [0.1, 0.15) is 29.9 Å². The van der Waals surface area contributed by atoms with Crippen LogP contribution in [0.3, 0.4) is 0 Å². The molecule has 2 bridgehead atoms. The van der Waals surface area contributed by atoms with Gasteiger partial charge in [0.2, 0.25) is 0 Å². The van der Waals surface area contributed by atoms with E-state index in [1.165, 1.54) is 12.1 Å². The SMILES string of the molecule is Nc1nc2c(-c3c(SC(F)(F)F)cc4c(N5CC6CCC(C5)N6)nc(OC[C@@]56CCCN5C[C@H](F)C6)nc4c3F)ccc(F)c2s1. The van der Waals surface area contributed by atoms with Gasteiger partial charge in [-0.3, -0.25) is 4.90 Å². The van der Waals surface area contributed by atoms with E-state index in [1.807, 2.05) is 4.90 Å². The van der Waals surface area contributed by atoms with E-state index in [4.69, 9.17) is 10.5 Å². The number of ether oxygens (including phenoxy) is 1. The fraction of sp³-hybridized carbons (Fsp3) is 0.500. The second kappa shape index (κ2) is 11.0. The fourth-order valence-electron chi connectivity index (χ4n) is 7.74. The number of anilines is 2. The van der Waals surface area contributed by atoms with Crippen LogP contribution in [0.1, 0.15) is 32.1 Å². The van der Waals surface area contributed by atoms with E-state index in [2.05, 4.69) is 25.2 Å². The van der Waals surface area contributed by atoms with E-state index in [-0.39, 0.29) is 62.3 Å². The Morgan fingerprint density at radius 2 is 1.87 bits per heavy atom. The van der Waals surface area contributed by atoms with E-state index in [1.54, 1.807) is 0 Å². The molecule has 3 N–H and O–H groups in total. The molecule has 46 heavy (non-hydrogen) atoms. The van der Waals surface area contributed by atoms with Crippen molar-refractivity contribution in [3.05, 3.63) is 29.8 Å². The Morgan fingerprint density at radius 3 is 2.63 bits per heavy atom. The first kappa shape index (κ1) is 30.3. The molecule has 4 atom stereocenters. The summed E-state index contributed by atoms with van der Waals surface area (Å²) in [7, 11) is 0. The van der Waals surface area contributed by atoms with E-state index in [9.17, 15) is 22.0 Å². The number of aromatic nitrogens is 3. The van der Waals surface area contributed by atoms with Gasteiger partial charge in [-0.15, -0.1) is 0 Å². The summed E-state index contributed by atoms with van der Waals surface area (Å²) in [5.41, 5.74) is -0.186. The van der Waals surface area contributed by atoms with E-state index < -0.39 is 51.1 Å². The number of thioether (sulfide) groups is 1. The molecule has 8 nitrogen and oxygen atoms in total. The van der Waals surface area contributed by atoms with Gasteiger partial charge >= 0.3 is 11.5 Å². The minimum absolute atomic E-state index is 0.00394. The third kappa shape index (κ3) is 5.21. The van der Waals surface area contributed by atoms with Gasteiger partial charge in [-0.25, -0.2) is 18.2 Å². The molecule has 0 radical (unpaired) electrons. The maximum atomic E-state index is 17.0. The summed E-state index contributed by atoms with van der Waals surface area (Å²) < 4.78 is 94.3. The summed E-state index contributed by atoms with van der Waals surface area (Å²) >= 11 is 0.356. The number of thiazole rings is 1. The molecule has 0 amide bonds. The third-order valence-corrected chi connectivity index (χ3v) is 11.3. The number of rotatable bonds is 6. The third-order valence-electron chi connectivity index (χ3n) is 9.61. The second-order valence-electron chi connectivity index (χ2n) is 12.6. The highest BCUT2D eigenvalue weighted by molar-refractivity contribution is 8.00. The summed E-state index contributed by atoms with van der Waals surface area (Å²) in [6.45, 7) is 2.21. The number of nitrogens with two attached hydrogens (primary N) is 1. The van der Waals surface area contributed by atoms with Gasteiger partial charge in [-0.05, 0) is 62.2 Å². The van der Waals surface area contributed by atoms with Gasteiger partial charge in [0.05, 0.1) is 15.8 Å². The first-order valence-electron chi connectivity index (χ1n) is 15.1. The van der Waals surface area contributed by atoms with Gasteiger partial charge in [0.15, 0.2) is 10.9 Å². The van der Waals surface area contributed by atoms with Crippen LogP contribution >= 0.6 is 23.1 Å². The molecule has 0 saturated carbocycles. The fourth-order valence-corrected chi connectivity index (χ4v) is 9.23. The molecule has 4 aliphatic heterocycles. The van der Waals surface area contributed by atoms with Crippen LogP contribution in [0.4, 0.5) is 37.3 Å². The summed E-state index contributed by atoms with van der Waals surface area (Å²) in [5.74, 6) is -1.44. The van der Waals surface area contributed by atoms with Crippen LogP contribution < -0.4 is 20.7 Å². The van der Waals surface area contributed by atoms with Crippen LogP contribution in [0.25, 0.3) is 32.2 Å². The van der Waals surface area contributed by atoms with Gasteiger partial charge < -0.3 is 20.7 Å². The smallest absolute Gasteiger partial charge is 0.446 e. The number of alkyl halides is 4. The maximum Gasteiger partial charge on any atom is 0.446 e. The predicted octanol–water partition coefficient (Wildman–Crippen LogP) is 6.27. The molecule has 0 aliphatic carbocycles. The van der Waals surface area contributed by atoms with Crippen molar-refractivity contribution in [2.45, 2.75) is 66.3 Å². The number of nitrogens with one attached hydrogen (secondary N) is 1. The Kier molecular flexibility index (Phi) is 7.23. The van der Waals surface area contributed by atoms with Crippen molar-refractivity contribution < 1.29 is 31.1 Å². The number of fused-ring (bicyclic) bond motifs is 5. The number of piperazine rings is 1. The molecule has 16 heteroatoms. The normalized spacial score (nSPS) is 26.5. The van der Waals surface area contributed by atoms with Crippen LogP contribution in [0.2, 0.25) is 0 Å². The van der Waals surface area contributed by atoms with Gasteiger partial charge in [0.25, 0.3) is 0 Å². The molecule has 6 heterocycles. The maximum absolute atomic E-state index is 17.0. The van der Waals surface area contributed by atoms with E-state index in [0.29, 0.717) is 26.1 Å². The van der Waals surface area contributed by atoms with Crippen molar-refractivity contribution in [3.8, 4) is 17.1 Å². The number of hydrogen-bond donors (Lipinski definition) is 2. The van der Waals surface area contributed by atoms with Crippen molar-refractivity contribution in [1.82, 2.24) is 25.2 Å². The molecule has 4 aromatic rings. The number of nitrogens with zero attached hydrogens (tertiary/aromatic N) is 5. The number of benzene rings is 2. The summed E-state index contributed by atoms with van der Waals surface area (Å²) in [4.78, 5) is 16.8. The molecule has 0 spiro atoms. The summed E-state index contributed by atoms with van der Waals surface area (Å²) in [6, 6.07) is 3.67. The molecule has 2 unspecified atom stereocenters.